The van der Waals surface area contributed by atoms with Gasteiger partial charge in [-0.25, -0.2) is 4.79 Å². The summed E-state index contributed by atoms with van der Waals surface area (Å²) in [6.07, 6.45) is 8.45. The molecule has 1 aliphatic heterocycles. The van der Waals surface area contributed by atoms with E-state index in [0.717, 1.165) is 38.0 Å². The van der Waals surface area contributed by atoms with E-state index < -0.39 is 6.04 Å². The maximum absolute atomic E-state index is 12.8. The Hall–Kier alpha value is -1.89. The van der Waals surface area contributed by atoms with Crippen LogP contribution in [-0.4, -0.2) is 40.9 Å². The Morgan fingerprint density at radius 3 is 2.74 bits per heavy atom. The van der Waals surface area contributed by atoms with Gasteiger partial charge in [-0.2, -0.15) is 5.10 Å². The van der Waals surface area contributed by atoms with Gasteiger partial charge in [-0.3, -0.25) is 9.48 Å². The van der Waals surface area contributed by atoms with Gasteiger partial charge in [0.2, 0.25) is 0 Å². The summed E-state index contributed by atoms with van der Waals surface area (Å²) in [4.78, 5) is 25.1. The Kier molecular flexibility index (Phi) is 6.88. The van der Waals surface area contributed by atoms with Crippen molar-refractivity contribution in [3.05, 3.63) is 17.5 Å². The van der Waals surface area contributed by atoms with E-state index in [9.17, 15) is 9.59 Å². The quantitative estimate of drug-likeness (QED) is 0.739. The molecule has 0 aromatic carbocycles. The number of carbonyl (C=O) groups excluding carboxylic acids is 2. The average Bonchev–Trinajstić information content (AvgIpc) is 3.31. The Morgan fingerprint density at radius 1 is 1.30 bits per heavy atom. The second-order valence-electron chi connectivity index (χ2n) is 7.60. The topological polar surface area (TPSA) is 82.5 Å². The molecule has 2 atom stereocenters. The molecule has 0 spiro atoms. The smallest absolute Gasteiger partial charge is 0.328 e. The van der Waals surface area contributed by atoms with Crippen LogP contribution in [0.15, 0.2) is 6.07 Å². The molecule has 1 saturated carbocycles. The zero-order valence-corrected chi connectivity index (χ0v) is 16.4. The number of ether oxygens (including phenoxy) is 2. The van der Waals surface area contributed by atoms with Crippen LogP contribution in [0.3, 0.4) is 0 Å². The van der Waals surface area contributed by atoms with Crippen LogP contribution in [0.5, 0.6) is 0 Å². The highest BCUT2D eigenvalue weighted by Gasteiger charge is 2.29. The van der Waals surface area contributed by atoms with Crippen LogP contribution in [0.1, 0.15) is 80.6 Å². The zero-order valence-electron chi connectivity index (χ0n) is 16.4. The molecular weight excluding hydrogens is 346 g/mol. The Labute approximate surface area is 160 Å². The molecule has 0 radical (unpaired) electrons. The summed E-state index contributed by atoms with van der Waals surface area (Å²) in [5, 5.41) is 7.20. The fraction of sp³-hybridized carbons (Fsp3) is 0.750. The second kappa shape index (κ2) is 9.35. The largest absolute Gasteiger partial charge is 0.464 e. The van der Waals surface area contributed by atoms with Gasteiger partial charge >= 0.3 is 5.97 Å². The van der Waals surface area contributed by atoms with Gasteiger partial charge in [0.05, 0.1) is 18.4 Å². The number of hydrogen-bond donors (Lipinski definition) is 1. The molecular formula is C20H31N3O4. The minimum atomic E-state index is -0.617. The van der Waals surface area contributed by atoms with Crippen LogP contribution in [0, 0.1) is 5.92 Å². The van der Waals surface area contributed by atoms with Crippen molar-refractivity contribution >= 4 is 11.9 Å². The lowest BCUT2D eigenvalue weighted by molar-refractivity contribution is -0.146. The average molecular weight is 377 g/mol. The van der Waals surface area contributed by atoms with Crippen LogP contribution in [0.25, 0.3) is 0 Å². The molecule has 1 aliphatic carbocycles. The Bertz CT molecular complexity index is 646. The first kappa shape index (κ1) is 19.9. The lowest BCUT2D eigenvalue weighted by Gasteiger charge is -2.25. The first-order valence-electron chi connectivity index (χ1n) is 10.2. The predicted octanol–water partition coefficient (Wildman–Crippen LogP) is 2.90. The molecule has 7 heteroatoms. The van der Waals surface area contributed by atoms with Gasteiger partial charge in [-0.15, -0.1) is 0 Å². The molecule has 1 unspecified atom stereocenters. The molecule has 27 heavy (non-hydrogen) atoms. The number of nitrogens with zero attached hydrogens (tertiary/aromatic N) is 2. The van der Waals surface area contributed by atoms with Crippen LogP contribution >= 0.6 is 0 Å². The standard InChI is InChI=1S/C20H31N3O4/c1-3-26-20(25)16(12-14-8-5-4-6-9-14)21-19(24)15-13-17(23(2)22-15)18-10-7-11-27-18/h13-14,16,18H,3-12H2,1-2H3,(H,21,24)/t16-,18?/m0/s1. The number of esters is 1. The number of hydrogen-bond acceptors (Lipinski definition) is 5. The van der Waals surface area contributed by atoms with E-state index in [1.165, 1.54) is 19.3 Å². The van der Waals surface area contributed by atoms with Crippen LogP contribution in [0.4, 0.5) is 0 Å². The SMILES string of the molecule is CCOC(=O)[C@H](CC1CCCCC1)NC(=O)c1cc(C2CCCO2)n(C)n1. The summed E-state index contributed by atoms with van der Waals surface area (Å²) in [6.45, 7) is 2.83. The molecule has 2 aliphatic rings. The Balaban J connectivity index is 1.67. The molecule has 1 saturated heterocycles. The molecule has 1 N–H and O–H groups in total. The first-order valence-corrected chi connectivity index (χ1v) is 10.2. The summed E-state index contributed by atoms with van der Waals surface area (Å²) in [5.74, 6) is -0.227. The van der Waals surface area contributed by atoms with Crippen molar-refractivity contribution in [3.8, 4) is 0 Å². The van der Waals surface area contributed by atoms with Crippen molar-refractivity contribution in [2.75, 3.05) is 13.2 Å². The van der Waals surface area contributed by atoms with Crippen LogP contribution < -0.4 is 5.32 Å². The molecule has 1 aromatic heterocycles. The third-order valence-corrected chi connectivity index (χ3v) is 5.58. The van der Waals surface area contributed by atoms with E-state index in [-0.39, 0.29) is 18.0 Å². The normalized spacial score (nSPS) is 21.8. The molecule has 1 aromatic rings. The third-order valence-electron chi connectivity index (χ3n) is 5.58. The fourth-order valence-electron chi connectivity index (χ4n) is 4.15. The van der Waals surface area contributed by atoms with Gasteiger partial charge < -0.3 is 14.8 Å². The van der Waals surface area contributed by atoms with E-state index in [0.29, 0.717) is 24.6 Å². The van der Waals surface area contributed by atoms with Crippen molar-refractivity contribution in [2.45, 2.75) is 70.4 Å². The van der Waals surface area contributed by atoms with Gasteiger partial charge in [-0.05, 0) is 38.2 Å². The van der Waals surface area contributed by atoms with Crippen LogP contribution in [-0.2, 0) is 21.3 Å². The summed E-state index contributed by atoms with van der Waals surface area (Å²) in [5.41, 5.74) is 1.22. The van der Waals surface area contributed by atoms with Gasteiger partial charge in [0.15, 0.2) is 5.69 Å². The summed E-state index contributed by atoms with van der Waals surface area (Å²) < 4.78 is 12.6. The molecule has 150 valence electrons. The van der Waals surface area contributed by atoms with Gasteiger partial charge in [0.25, 0.3) is 5.91 Å². The minimum absolute atomic E-state index is 0.00728. The first-order chi connectivity index (χ1) is 13.1. The summed E-state index contributed by atoms with van der Waals surface area (Å²) >= 11 is 0. The molecule has 2 heterocycles. The van der Waals surface area contributed by atoms with Crippen LogP contribution in [0.2, 0.25) is 0 Å². The zero-order chi connectivity index (χ0) is 19.2. The van der Waals surface area contributed by atoms with E-state index in [1.54, 1.807) is 17.7 Å². The number of nitrogens with one attached hydrogen (secondary N) is 1. The lowest BCUT2D eigenvalue weighted by atomic mass is 9.85. The van der Waals surface area contributed by atoms with Crippen molar-refractivity contribution in [1.82, 2.24) is 15.1 Å². The highest BCUT2D eigenvalue weighted by atomic mass is 16.5. The highest BCUT2D eigenvalue weighted by Crippen LogP contribution is 2.29. The molecule has 7 nitrogen and oxygen atoms in total. The monoisotopic (exact) mass is 377 g/mol. The summed E-state index contributed by atoms with van der Waals surface area (Å²) in [6, 6.07) is 1.16. The van der Waals surface area contributed by atoms with Gasteiger partial charge in [0.1, 0.15) is 6.04 Å². The van der Waals surface area contributed by atoms with E-state index >= 15 is 0 Å². The number of aryl methyl sites for hydroxylation is 1. The number of amides is 1. The lowest BCUT2D eigenvalue weighted by Crippen LogP contribution is -2.43. The van der Waals surface area contributed by atoms with Crippen molar-refractivity contribution in [3.63, 3.8) is 0 Å². The summed E-state index contributed by atoms with van der Waals surface area (Å²) in [7, 11) is 1.82. The third kappa shape index (κ3) is 5.09. The number of aromatic nitrogens is 2. The second-order valence-corrected chi connectivity index (χ2v) is 7.60. The number of rotatable bonds is 7. The van der Waals surface area contributed by atoms with Crippen molar-refractivity contribution in [2.24, 2.45) is 13.0 Å². The van der Waals surface area contributed by atoms with Crippen molar-refractivity contribution < 1.29 is 19.1 Å². The van der Waals surface area contributed by atoms with E-state index in [4.69, 9.17) is 9.47 Å². The minimum Gasteiger partial charge on any atom is -0.464 e. The predicted molar refractivity (Wildman–Crippen MR) is 100 cm³/mol. The van der Waals surface area contributed by atoms with E-state index in [2.05, 4.69) is 10.4 Å². The van der Waals surface area contributed by atoms with E-state index in [1.807, 2.05) is 7.05 Å². The number of carbonyl (C=O) groups is 2. The molecule has 1 amide bonds. The van der Waals surface area contributed by atoms with Gasteiger partial charge in [0, 0.05) is 13.7 Å². The van der Waals surface area contributed by atoms with Crippen molar-refractivity contribution in [1.29, 1.82) is 0 Å². The molecule has 0 bridgehead atoms. The van der Waals surface area contributed by atoms with Gasteiger partial charge in [-0.1, -0.05) is 32.1 Å². The molecule has 2 fully saturated rings. The molecule has 3 rings (SSSR count). The Morgan fingerprint density at radius 2 is 2.07 bits per heavy atom. The maximum atomic E-state index is 12.8. The fourth-order valence-corrected chi connectivity index (χ4v) is 4.15. The highest BCUT2D eigenvalue weighted by molar-refractivity contribution is 5.95. The maximum Gasteiger partial charge on any atom is 0.328 e.